The maximum atomic E-state index is 12.6. The van der Waals surface area contributed by atoms with Gasteiger partial charge in [-0.25, -0.2) is 0 Å². The van der Waals surface area contributed by atoms with Crippen molar-refractivity contribution in [3.63, 3.8) is 0 Å². The van der Waals surface area contributed by atoms with Crippen molar-refractivity contribution in [3.8, 4) is 0 Å². The predicted octanol–water partition coefficient (Wildman–Crippen LogP) is 12.6. The summed E-state index contributed by atoms with van der Waals surface area (Å²) in [4.78, 5) is 37.3. The molecule has 49 heavy (non-hydrogen) atoms. The first-order chi connectivity index (χ1) is 24.0. The lowest BCUT2D eigenvalue weighted by Crippen LogP contribution is -2.30. The zero-order valence-electron chi connectivity index (χ0n) is 32.2. The van der Waals surface area contributed by atoms with Gasteiger partial charge in [-0.1, -0.05) is 160 Å². The lowest BCUT2D eigenvalue weighted by Gasteiger charge is -2.18. The van der Waals surface area contributed by atoms with Gasteiger partial charge in [-0.2, -0.15) is 0 Å². The fourth-order valence-electron chi connectivity index (χ4n) is 5.50. The van der Waals surface area contributed by atoms with E-state index in [9.17, 15) is 14.4 Å². The van der Waals surface area contributed by atoms with E-state index in [1.807, 2.05) is 0 Å². The van der Waals surface area contributed by atoms with Crippen LogP contribution in [0, 0.1) is 0 Å². The number of carbonyl (C=O) groups excluding carboxylic acids is 3. The minimum atomic E-state index is -0.774. The molecule has 0 saturated heterocycles. The van der Waals surface area contributed by atoms with Crippen LogP contribution in [0.3, 0.4) is 0 Å². The van der Waals surface area contributed by atoms with E-state index in [4.69, 9.17) is 14.2 Å². The van der Waals surface area contributed by atoms with Crippen molar-refractivity contribution in [2.45, 2.75) is 207 Å². The van der Waals surface area contributed by atoms with Crippen LogP contribution >= 0.6 is 0 Å². The van der Waals surface area contributed by atoms with E-state index in [0.717, 1.165) is 83.5 Å². The maximum Gasteiger partial charge on any atom is 0.306 e. The van der Waals surface area contributed by atoms with Gasteiger partial charge in [0.25, 0.3) is 0 Å². The molecule has 0 amide bonds. The molecule has 0 aliphatic heterocycles. The fourth-order valence-corrected chi connectivity index (χ4v) is 5.50. The Morgan fingerprint density at radius 1 is 0.408 bits per heavy atom. The van der Waals surface area contributed by atoms with Crippen molar-refractivity contribution in [2.75, 3.05) is 13.2 Å². The molecule has 0 saturated carbocycles. The summed E-state index contributed by atoms with van der Waals surface area (Å²) < 4.78 is 16.5. The molecule has 0 spiro atoms. The molecule has 0 aromatic heterocycles. The van der Waals surface area contributed by atoms with E-state index in [1.54, 1.807) is 0 Å². The van der Waals surface area contributed by atoms with Crippen LogP contribution in [-0.2, 0) is 28.6 Å². The average molecular weight is 689 g/mol. The normalized spacial score (nSPS) is 11.8. The van der Waals surface area contributed by atoms with Crippen molar-refractivity contribution in [1.29, 1.82) is 0 Å². The van der Waals surface area contributed by atoms with Gasteiger partial charge in [-0.15, -0.1) is 0 Å². The molecule has 0 aromatic rings. The highest BCUT2D eigenvalue weighted by Gasteiger charge is 2.19. The molecule has 284 valence electrons. The molecule has 0 aliphatic rings. The number of carbonyl (C=O) groups is 3. The van der Waals surface area contributed by atoms with Crippen LogP contribution in [0.2, 0.25) is 0 Å². The van der Waals surface area contributed by atoms with Gasteiger partial charge in [0.2, 0.25) is 0 Å². The molecule has 0 bridgehead atoms. The van der Waals surface area contributed by atoms with Crippen molar-refractivity contribution in [2.24, 2.45) is 0 Å². The second kappa shape index (κ2) is 38.4. The molecule has 0 aliphatic carbocycles. The Balaban J connectivity index is 4.32. The maximum absolute atomic E-state index is 12.6. The largest absolute Gasteiger partial charge is 0.462 e. The first-order valence-corrected chi connectivity index (χ1v) is 20.5. The highest BCUT2D eigenvalue weighted by atomic mass is 16.6. The zero-order valence-corrected chi connectivity index (χ0v) is 32.2. The smallest absolute Gasteiger partial charge is 0.306 e. The molecule has 0 atom stereocenters. The fraction of sp³-hybridized carbons (Fsp3) is 0.791. The third-order valence-electron chi connectivity index (χ3n) is 8.65. The summed E-state index contributed by atoms with van der Waals surface area (Å²) in [6.07, 6.45) is 41.5. The molecular formula is C43H76O6. The summed E-state index contributed by atoms with van der Waals surface area (Å²) in [5.41, 5.74) is 0. The van der Waals surface area contributed by atoms with Crippen LogP contribution in [0.1, 0.15) is 201 Å². The Labute approximate surface area is 302 Å². The van der Waals surface area contributed by atoms with Crippen LogP contribution in [-0.4, -0.2) is 37.2 Å². The third-order valence-corrected chi connectivity index (χ3v) is 8.65. The first kappa shape index (κ1) is 46.6. The Kier molecular flexibility index (Phi) is 36.6. The topological polar surface area (TPSA) is 78.9 Å². The summed E-state index contributed by atoms with van der Waals surface area (Å²) in [6.45, 7) is 6.48. The molecule has 0 aromatic carbocycles. The van der Waals surface area contributed by atoms with E-state index in [1.165, 1.54) is 77.0 Å². The molecular weight excluding hydrogens is 612 g/mol. The van der Waals surface area contributed by atoms with Crippen LogP contribution in [0.5, 0.6) is 0 Å². The van der Waals surface area contributed by atoms with Crippen molar-refractivity contribution < 1.29 is 28.6 Å². The summed E-state index contributed by atoms with van der Waals surface area (Å²) in [5, 5.41) is 0. The summed E-state index contributed by atoms with van der Waals surface area (Å²) in [5.74, 6) is -0.919. The number of ether oxygens (including phenoxy) is 3. The van der Waals surface area contributed by atoms with Crippen LogP contribution in [0.25, 0.3) is 0 Å². The van der Waals surface area contributed by atoms with Gasteiger partial charge in [0.1, 0.15) is 13.2 Å². The Bertz CT molecular complexity index is 811. The zero-order chi connectivity index (χ0) is 35.9. The lowest BCUT2D eigenvalue weighted by molar-refractivity contribution is -0.167. The van der Waals surface area contributed by atoms with Crippen LogP contribution < -0.4 is 0 Å². The number of hydrogen-bond acceptors (Lipinski definition) is 6. The molecule has 0 radical (unpaired) electrons. The quantitative estimate of drug-likeness (QED) is 0.0282. The van der Waals surface area contributed by atoms with Gasteiger partial charge in [-0.3, -0.25) is 14.4 Å². The van der Waals surface area contributed by atoms with E-state index in [2.05, 4.69) is 57.2 Å². The van der Waals surface area contributed by atoms with Crippen molar-refractivity contribution in [1.82, 2.24) is 0 Å². The molecule has 0 rings (SSSR count). The van der Waals surface area contributed by atoms with Gasteiger partial charge in [0, 0.05) is 19.3 Å². The number of allylic oxidation sites excluding steroid dienone is 6. The predicted molar refractivity (Wildman–Crippen MR) is 206 cm³/mol. The standard InChI is InChI=1S/C43H76O6/c1-4-7-10-13-16-17-18-19-20-21-22-23-24-25-28-31-34-37-43(46)49-40(38-47-41(44)35-32-29-26-14-11-8-5-2)39-48-42(45)36-33-30-27-15-12-9-6-3/h16-17,19-20,22-23,40H,4-15,18,21,24-39H2,1-3H3/b17-16+,20-19+,23-22+. The number of hydrogen-bond donors (Lipinski definition) is 0. The van der Waals surface area contributed by atoms with Gasteiger partial charge in [-0.05, 0) is 57.8 Å². The summed E-state index contributed by atoms with van der Waals surface area (Å²) in [7, 11) is 0. The summed E-state index contributed by atoms with van der Waals surface area (Å²) in [6, 6.07) is 0. The van der Waals surface area contributed by atoms with Crippen molar-refractivity contribution >= 4 is 17.9 Å². The Morgan fingerprint density at radius 2 is 0.735 bits per heavy atom. The van der Waals surface area contributed by atoms with Gasteiger partial charge in [0.05, 0.1) is 0 Å². The van der Waals surface area contributed by atoms with Gasteiger partial charge < -0.3 is 14.2 Å². The molecule has 0 N–H and O–H groups in total. The number of rotatable bonds is 36. The minimum absolute atomic E-state index is 0.0803. The third kappa shape index (κ3) is 36.7. The SMILES string of the molecule is CCCCC/C=C/C/C=C/C/C=C/CCCCCCC(=O)OC(COC(=O)CCCCCCCCC)COC(=O)CCCCCCCCC. The van der Waals surface area contributed by atoms with Gasteiger partial charge in [0.15, 0.2) is 6.10 Å². The van der Waals surface area contributed by atoms with Crippen molar-refractivity contribution in [3.05, 3.63) is 36.5 Å². The second-order valence-corrected chi connectivity index (χ2v) is 13.6. The van der Waals surface area contributed by atoms with E-state index in [0.29, 0.717) is 19.3 Å². The van der Waals surface area contributed by atoms with E-state index < -0.39 is 6.10 Å². The molecule has 6 heteroatoms. The average Bonchev–Trinajstić information content (AvgIpc) is 3.10. The first-order valence-electron chi connectivity index (χ1n) is 20.5. The van der Waals surface area contributed by atoms with E-state index in [-0.39, 0.29) is 31.1 Å². The number of esters is 3. The molecule has 0 fully saturated rings. The minimum Gasteiger partial charge on any atom is -0.462 e. The lowest BCUT2D eigenvalue weighted by atomic mass is 10.1. The van der Waals surface area contributed by atoms with Crippen LogP contribution in [0.4, 0.5) is 0 Å². The monoisotopic (exact) mass is 689 g/mol. The molecule has 0 unspecified atom stereocenters. The summed E-state index contributed by atoms with van der Waals surface area (Å²) >= 11 is 0. The second-order valence-electron chi connectivity index (χ2n) is 13.6. The Hall–Kier alpha value is -2.37. The highest BCUT2D eigenvalue weighted by Crippen LogP contribution is 2.12. The molecule has 0 heterocycles. The van der Waals surface area contributed by atoms with Gasteiger partial charge >= 0.3 is 17.9 Å². The number of unbranched alkanes of at least 4 members (excludes halogenated alkanes) is 19. The van der Waals surface area contributed by atoms with Crippen LogP contribution in [0.15, 0.2) is 36.5 Å². The Morgan fingerprint density at radius 3 is 1.18 bits per heavy atom. The highest BCUT2D eigenvalue weighted by molar-refractivity contribution is 5.71. The van der Waals surface area contributed by atoms with E-state index >= 15 is 0 Å². The molecule has 6 nitrogen and oxygen atoms in total.